The molecule has 0 aliphatic heterocycles. The van der Waals surface area contributed by atoms with Gasteiger partial charge in [0.05, 0.1) is 5.56 Å². The Balaban J connectivity index is 2.11. The van der Waals surface area contributed by atoms with Crippen molar-refractivity contribution in [2.45, 2.75) is 33.2 Å². The van der Waals surface area contributed by atoms with Crippen molar-refractivity contribution in [1.29, 1.82) is 0 Å². The normalized spacial score (nSPS) is 11.8. The summed E-state index contributed by atoms with van der Waals surface area (Å²) in [5.41, 5.74) is 2.60. The average molecular weight is 297 g/mol. The Kier molecular flexibility index (Phi) is 5.04. The molecule has 1 aromatic heterocycles. The molecule has 0 unspecified atom stereocenters. The van der Waals surface area contributed by atoms with Crippen LogP contribution in [0.15, 0.2) is 48.8 Å². The number of ketones is 1. The van der Waals surface area contributed by atoms with Gasteiger partial charge in [-0.25, -0.2) is 0 Å². The smallest absolute Gasteiger partial charge is 0.293 e. The number of benzene rings is 1. The number of amides is 1. The van der Waals surface area contributed by atoms with Gasteiger partial charge >= 0.3 is 0 Å². The summed E-state index contributed by atoms with van der Waals surface area (Å²) >= 11 is 0. The van der Waals surface area contributed by atoms with Gasteiger partial charge in [0.1, 0.15) is 0 Å². The number of pyridine rings is 1. The van der Waals surface area contributed by atoms with E-state index in [1.807, 2.05) is 24.3 Å². The Bertz CT molecular complexity index is 678. The van der Waals surface area contributed by atoms with Gasteiger partial charge in [-0.1, -0.05) is 19.1 Å². The minimum atomic E-state index is -0.398. The maximum Gasteiger partial charge on any atom is 0.293 e. The van der Waals surface area contributed by atoms with Gasteiger partial charge < -0.3 is 5.32 Å². The van der Waals surface area contributed by atoms with Crippen LogP contribution >= 0.6 is 0 Å². The number of Topliss-reactive ketones (excluding diaryl/α,β-unsaturated/α-hetero) is 1. The Morgan fingerprint density at radius 1 is 1.18 bits per heavy atom. The number of carbonyl (C=O) groups is 2. The number of anilines is 1. The van der Waals surface area contributed by atoms with Crippen molar-refractivity contribution in [3.63, 3.8) is 0 Å². The zero-order chi connectivity index (χ0) is 16.1. The fourth-order valence-corrected chi connectivity index (χ4v) is 2.15. The predicted octanol–water partition coefficient (Wildman–Crippen LogP) is 2.94. The minimum Gasteiger partial charge on any atom is -0.320 e. The van der Waals surface area contributed by atoms with E-state index in [9.17, 15) is 9.59 Å². The number of nitrogens with zero attached hydrogens (tertiary/aromatic N) is 1. The largest absolute Gasteiger partial charge is 0.320 e. The molecule has 1 heterocycles. The zero-order valence-corrected chi connectivity index (χ0v) is 13.2. The number of aryl methyl sites for hydroxylation is 1. The monoisotopic (exact) mass is 297 g/mol. The van der Waals surface area contributed by atoms with Crippen molar-refractivity contribution in [3.05, 3.63) is 59.9 Å². The van der Waals surface area contributed by atoms with Crippen molar-refractivity contribution in [2.24, 2.45) is 0 Å². The molecule has 0 saturated carbocycles. The van der Waals surface area contributed by atoms with E-state index in [4.69, 9.17) is 0 Å². The van der Waals surface area contributed by atoms with Crippen LogP contribution in [-0.4, -0.2) is 11.7 Å². The first-order chi connectivity index (χ1) is 10.5. The second kappa shape index (κ2) is 6.98. The molecular formula is C18H21N2O2+. The molecule has 4 heteroatoms. The van der Waals surface area contributed by atoms with Gasteiger partial charge in [0.15, 0.2) is 18.2 Å². The number of carbonyl (C=O) groups excluding carboxylic acids is 2. The van der Waals surface area contributed by atoms with Crippen molar-refractivity contribution in [1.82, 2.24) is 0 Å². The van der Waals surface area contributed by atoms with Crippen LogP contribution in [0, 0.1) is 0 Å². The van der Waals surface area contributed by atoms with Gasteiger partial charge in [-0.3, -0.25) is 9.59 Å². The lowest BCUT2D eigenvalue weighted by molar-refractivity contribution is -0.705. The van der Waals surface area contributed by atoms with Crippen molar-refractivity contribution >= 4 is 17.4 Å². The molecular weight excluding hydrogens is 276 g/mol. The lowest BCUT2D eigenvalue weighted by Crippen LogP contribution is -2.44. The molecule has 0 radical (unpaired) electrons. The molecule has 2 aromatic rings. The van der Waals surface area contributed by atoms with E-state index in [1.54, 1.807) is 36.0 Å². The standard InChI is InChI=1S/C18H20N2O2/c1-4-15-7-9-17(10-8-15)19-18(22)13(2)20-11-5-6-16(12-20)14(3)21/h5-13H,4H2,1-3H3/p+1/t13-/m0/s1. The molecule has 0 aliphatic carbocycles. The number of aromatic nitrogens is 1. The lowest BCUT2D eigenvalue weighted by atomic mass is 10.1. The Morgan fingerprint density at radius 2 is 1.86 bits per heavy atom. The first-order valence-electron chi connectivity index (χ1n) is 7.42. The fourth-order valence-electron chi connectivity index (χ4n) is 2.15. The fraction of sp³-hybridized carbons (Fsp3) is 0.278. The first-order valence-corrected chi connectivity index (χ1v) is 7.42. The molecule has 2 rings (SSSR count). The molecule has 1 atom stereocenters. The van der Waals surface area contributed by atoms with Crippen molar-refractivity contribution in [3.8, 4) is 0 Å². The summed E-state index contributed by atoms with van der Waals surface area (Å²) in [5.74, 6) is -0.132. The summed E-state index contributed by atoms with van der Waals surface area (Å²) in [5, 5.41) is 2.90. The summed E-state index contributed by atoms with van der Waals surface area (Å²) in [6, 6.07) is 10.9. The molecule has 1 amide bonds. The summed E-state index contributed by atoms with van der Waals surface area (Å²) in [7, 11) is 0. The summed E-state index contributed by atoms with van der Waals surface area (Å²) in [6.07, 6.45) is 4.46. The van der Waals surface area contributed by atoms with Gasteiger partial charge in [0, 0.05) is 18.7 Å². The van der Waals surface area contributed by atoms with Crippen LogP contribution in [0.3, 0.4) is 0 Å². The number of hydrogen-bond acceptors (Lipinski definition) is 2. The van der Waals surface area contributed by atoms with Crippen LogP contribution in [0.25, 0.3) is 0 Å². The van der Waals surface area contributed by atoms with E-state index >= 15 is 0 Å². The Morgan fingerprint density at radius 3 is 2.45 bits per heavy atom. The van der Waals surface area contributed by atoms with E-state index in [0.29, 0.717) is 5.56 Å². The second-order valence-electron chi connectivity index (χ2n) is 5.31. The van der Waals surface area contributed by atoms with Gasteiger partial charge in [-0.05, 0) is 37.1 Å². The highest BCUT2D eigenvalue weighted by Gasteiger charge is 2.22. The maximum absolute atomic E-state index is 12.3. The minimum absolute atomic E-state index is 0.0166. The van der Waals surface area contributed by atoms with Gasteiger partial charge in [-0.15, -0.1) is 0 Å². The third-order valence-electron chi connectivity index (χ3n) is 3.69. The second-order valence-corrected chi connectivity index (χ2v) is 5.31. The SMILES string of the molecule is CCc1ccc(NC(=O)[C@H](C)[n+]2cccc(C(C)=O)c2)cc1. The molecule has 0 bridgehead atoms. The van der Waals surface area contributed by atoms with Crippen LogP contribution < -0.4 is 9.88 Å². The van der Waals surface area contributed by atoms with E-state index in [-0.39, 0.29) is 11.7 Å². The topological polar surface area (TPSA) is 50.1 Å². The summed E-state index contributed by atoms with van der Waals surface area (Å²) in [4.78, 5) is 23.8. The highest BCUT2D eigenvalue weighted by atomic mass is 16.2. The van der Waals surface area contributed by atoms with Crippen molar-refractivity contribution < 1.29 is 14.2 Å². The Labute approximate surface area is 130 Å². The third kappa shape index (κ3) is 3.79. The van der Waals surface area contributed by atoms with Crippen LogP contribution in [-0.2, 0) is 11.2 Å². The number of nitrogens with one attached hydrogen (secondary N) is 1. The molecule has 0 fully saturated rings. The molecule has 0 saturated heterocycles. The molecule has 1 N–H and O–H groups in total. The van der Waals surface area contributed by atoms with Crippen LogP contribution in [0.1, 0.15) is 42.7 Å². The van der Waals surface area contributed by atoms with E-state index < -0.39 is 6.04 Å². The quantitative estimate of drug-likeness (QED) is 0.681. The van der Waals surface area contributed by atoms with Crippen molar-refractivity contribution in [2.75, 3.05) is 5.32 Å². The zero-order valence-electron chi connectivity index (χ0n) is 13.2. The predicted molar refractivity (Wildman–Crippen MR) is 85.8 cm³/mol. The maximum atomic E-state index is 12.3. The number of rotatable bonds is 5. The Hall–Kier alpha value is -2.49. The first kappa shape index (κ1) is 15.9. The average Bonchev–Trinajstić information content (AvgIpc) is 2.54. The molecule has 1 aromatic carbocycles. The summed E-state index contributed by atoms with van der Waals surface area (Å²) in [6.45, 7) is 5.41. The highest BCUT2D eigenvalue weighted by Crippen LogP contribution is 2.11. The number of hydrogen-bond donors (Lipinski definition) is 1. The van der Waals surface area contributed by atoms with Gasteiger partial charge in [0.25, 0.3) is 5.91 Å². The van der Waals surface area contributed by atoms with Gasteiger partial charge in [0.2, 0.25) is 6.04 Å². The molecule has 22 heavy (non-hydrogen) atoms. The molecule has 4 nitrogen and oxygen atoms in total. The highest BCUT2D eigenvalue weighted by molar-refractivity contribution is 5.94. The summed E-state index contributed by atoms with van der Waals surface area (Å²) < 4.78 is 1.74. The van der Waals surface area contributed by atoms with E-state index in [2.05, 4.69) is 12.2 Å². The van der Waals surface area contributed by atoms with Crippen LogP contribution in [0.4, 0.5) is 5.69 Å². The third-order valence-corrected chi connectivity index (χ3v) is 3.69. The van der Waals surface area contributed by atoms with Crippen LogP contribution in [0.2, 0.25) is 0 Å². The van der Waals surface area contributed by atoms with Crippen LogP contribution in [0.5, 0.6) is 0 Å². The molecule has 0 spiro atoms. The lowest BCUT2D eigenvalue weighted by Gasteiger charge is -2.09. The van der Waals surface area contributed by atoms with E-state index in [1.165, 1.54) is 12.5 Å². The van der Waals surface area contributed by atoms with E-state index in [0.717, 1.165) is 12.1 Å². The van der Waals surface area contributed by atoms with Gasteiger partial charge in [-0.2, -0.15) is 4.57 Å². The molecule has 114 valence electrons. The molecule has 0 aliphatic rings.